The van der Waals surface area contributed by atoms with Gasteiger partial charge in [0.15, 0.2) is 0 Å². The van der Waals surface area contributed by atoms with Crippen molar-refractivity contribution in [1.29, 1.82) is 0 Å². The molecule has 0 fully saturated rings. The smallest absolute Gasteiger partial charge is 0.119 e. The van der Waals surface area contributed by atoms with Gasteiger partial charge in [0.05, 0.1) is 6.61 Å². The van der Waals surface area contributed by atoms with E-state index < -0.39 is 0 Å². The zero-order chi connectivity index (χ0) is 13.3. The molecular formula is C15H21N3O. The normalized spacial score (nSPS) is 10.6. The summed E-state index contributed by atoms with van der Waals surface area (Å²) in [6.45, 7) is 2.67. The van der Waals surface area contributed by atoms with Crippen molar-refractivity contribution in [3.8, 4) is 5.75 Å². The van der Waals surface area contributed by atoms with Gasteiger partial charge >= 0.3 is 0 Å². The number of aryl methyl sites for hydroxylation is 1. The quantitative estimate of drug-likeness (QED) is 0.737. The van der Waals surface area contributed by atoms with Crippen molar-refractivity contribution in [3.63, 3.8) is 0 Å². The summed E-state index contributed by atoms with van der Waals surface area (Å²) >= 11 is 0. The molecule has 0 atom stereocenters. The molecule has 2 rings (SSSR count). The number of nitrogens with zero attached hydrogens (tertiary/aromatic N) is 2. The second-order valence-electron chi connectivity index (χ2n) is 4.47. The Labute approximate surface area is 114 Å². The van der Waals surface area contributed by atoms with Crippen LogP contribution in [-0.4, -0.2) is 29.2 Å². The Hall–Kier alpha value is -1.81. The van der Waals surface area contributed by atoms with E-state index in [1.54, 1.807) is 0 Å². The van der Waals surface area contributed by atoms with Crippen molar-refractivity contribution < 1.29 is 4.74 Å². The number of hydrogen-bond acceptors (Lipinski definition) is 3. The van der Waals surface area contributed by atoms with Gasteiger partial charge in [0, 0.05) is 32.4 Å². The molecule has 1 aromatic carbocycles. The van der Waals surface area contributed by atoms with Gasteiger partial charge < -0.3 is 14.6 Å². The van der Waals surface area contributed by atoms with Gasteiger partial charge in [0.1, 0.15) is 11.6 Å². The Bertz CT molecular complexity index is 467. The van der Waals surface area contributed by atoms with E-state index >= 15 is 0 Å². The van der Waals surface area contributed by atoms with Crippen molar-refractivity contribution in [2.75, 3.05) is 19.7 Å². The molecule has 4 heteroatoms. The van der Waals surface area contributed by atoms with E-state index in [0.717, 1.165) is 44.1 Å². The van der Waals surface area contributed by atoms with Crippen molar-refractivity contribution >= 4 is 0 Å². The van der Waals surface area contributed by atoms with Crippen LogP contribution >= 0.6 is 0 Å². The lowest BCUT2D eigenvalue weighted by Gasteiger charge is -2.07. The number of ether oxygens (including phenoxy) is 1. The lowest BCUT2D eigenvalue weighted by molar-refractivity contribution is 0.308. The second-order valence-corrected chi connectivity index (χ2v) is 4.47. The van der Waals surface area contributed by atoms with Gasteiger partial charge in [0.25, 0.3) is 0 Å². The van der Waals surface area contributed by atoms with Crippen LogP contribution in [0.1, 0.15) is 12.2 Å². The third-order valence-electron chi connectivity index (χ3n) is 2.96. The van der Waals surface area contributed by atoms with Crippen molar-refractivity contribution in [2.24, 2.45) is 7.05 Å². The van der Waals surface area contributed by atoms with Gasteiger partial charge in [-0.25, -0.2) is 4.98 Å². The largest absolute Gasteiger partial charge is 0.494 e. The van der Waals surface area contributed by atoms with E-state index in [-0.39, 0.29) is 0 Å². The maximum atomic E-state index is 5.62. The molecule has 0 aliphatic rings. The minimum Gasteiger partial charge on any atom is -0.494 e. The van der Waals surface area contributed by atoms with E-state index in [4.69, 9.17) is 4.74 Å². The first-order valence-corrected chi connectivity index (χ1v) is 6.71. The van der Waals surface area contributed by atoms with E-state index in [0.29, 0.717) is 0 Å². The highest BCUT2D eigenvalue weighted by molar-refractivity contribution is 5.20. The average molecular weight is 259 g/mol. The molecule has 0 aliphatic carbocycles. The molecule has 0 amide bonds. The molecule has 19 heavy (non-hydrogen) atoms. The lowest BCUT2D eigenvalue weighted by Crippen LogP contribution is -2.21. The molecule has 0 radical (unpaired) electrons. The molecule has 0 aliphatic heterocycles. The fourth-order valence-corrected chi connectivity index (χ4v) is 1.87. The first kappa shape index (κ1) is 13.6. The zero-order valence-electron chi connectivity index (χ0n) is 11.4. The van der Waals surface area contributed by atoms with Crippen LogP contribution in [0.3, 0.4) is 0 Å². The standard InChI is InChI=1S/C15H21N3O/c1-18-12-11-17-15(18)8-10-16-9-5-13-19-14-6-3-2-4-7-14/h2-4,6-7,11-12,16H,5,8-10,13H2,1H3. The van der Waals surface area contributed by atoms with E-state index in [2.05, 4.69) is 14.9 Å². The molecule has 102 valence electrons. The second kappa shape index (κ2) is 7.59. The molecule has 0 unspecified atom stereocenters. The number of imidazole rings is 1. The summed E-state index contributed by atoms with van der Waals surface area (Å²) in [5, 5.41) is 3.40. The summed E-state index contributed by atoms with van der Waals surface area (Å²) in [6.07, 6.45) is 5.78. The average Bonchev–Trinajstić information content (AvgIpc) is 2.84. The molecule has 0 spiro atoms. The fourth-order valence-electron chi connectivity index (χ4n) is 1.87. The van der Waals surface area contributed by atoms with Gasteiger partial charge in [-0.05, 0) is 25.1 Å². The SMILES string of the molecule is Cn1ccnc1CCNCCCOc1ccccc1. The lowest BCUT2D eigenvalue weighted by atomic mass is 10.3. The molecule has 2 aromatic rings. The first-order chi connectivity index (χ1) is 9.36. The van der Waals surface area contributed by atoms with E-state index in [9.17, 15) is 0 Å². The summed E-state index contributed by atoms with van der Waals surface area (Å²) in [5.74, 6) is 2.06. The number of hydrogen-bond donors (Lipinski definition) is 1. The summed E-state index contributed by atoms with van der Waals surface area (Å²) < 4.78 is 7.68. The number of nitrogens with one attached hydrogen (secondary N) is 1. The number of rotatable bonds is 8. The highest BCUT2D eigenvalue weighted by Crippen LogP contribution is 2.07. The van der Waals surface area contributed by atoms with Crippen molar-refractivity contribution in [2.45, 2.75) is 12.8 Å². The number of para-hydroxylation sites is 1. The highest BCUT2D eigenvalue weighted by Gasteiger charge is 1.98. The maximum Gasteiger partial charge on any atom is 0.119 e. The van der Waals surface area contributed by atoms with E-state index in [1.165, 1.54) is 0 Å². The van der Waals surface area contributed by atoms with Crippen LogP contribution in [-0.2, 0) is 13.5 Å². The third-order valence-corrected chi connectivity index (χ3v) is 2.96. The molecule has 4 nitrogen and oxygen atoms in total. The Kier molecular flexibility index (Phi) is 5.44. The van der Waals surface area contributed by atoms with Gasteiger partial charge in [-0.3, -0.25) is 0 Å². The van der Waals surface area contributed by atoms with Crippen LogP contribution < -0.4 is 10.1 Å². The number of aromatic nitrogens is 2. The summed E-state index contributed by atoms with van der Waals surface area (Å²) in [4.78, 5) is 4.29. The minimum atomic E-state index is 0.749. The van der Waals surface area contributed by atoms with Crippen LogP contribution in [0, 0.1) is 0 Å². The predicted molar refractivity (Wildman–Crippen MR) is 76.3 cm³/mol. The van der Waals surface area contributed by atoms with Crippen LogP contribution in [0.2, 0.25) is 0 Å². The van der Waals surface area contributed by atoms with Gasteiger partial charge in [-0.1, -0.05) is 18.2 Å². The highest BCUT2D eigenvalue weighted by atomic mass is 16.5. The van der Waals surface area contributed by atoms with Gasteiger partial charge in [-0.2, -0.15) is 0 Å². The Balaban J connectivity index is 1.50. The molecular weight excluding hydrogens is 238 g/mol. The third kappa shape index (κ3) is 4.75. The molecule has 1 N–H and O–H groups in total. The Morgan fingerprint density at radius 3 is 2.79 bits per heavy atom. The molecule has 0 saturated carbocycles. The van der Waals surface area contributed by atoms with Crippen LogP contribution in [0.5, 0.6) is 5.75 Å². The molecule has 0 saturated heterocycles. The predicted octanol–water partition coefficient (Wildman–Crippen LogP) is 2.02. The monoisotopic (exact) mass is 259 g/mol. The van der Waals surface area contributed by atoms with Gasteiger partial charge in [0.2, 0.25) is 0 Å². The summed E-state index contributed by atoms with van der Waals surface area (Å²) in [6, 6.07) is 9.93. The minimum absolute atomic E-state index is 0.749. The molecule has 1 aromatic heterocycles. The summed E-state index contributed by atoms with van der Waals surface area (Å²) in [7, 11) is 2.02. The Morgan fingerprint density at radius 2 is 2.05 bits per heavy atom. The Morgan fingerprint density at radius 1 is 1.21 bits per heavy atom. The zero-order valence-corrected chi connectivity index (χ0v) is 11.4. The molecule has 0 bridgehead atoms. The van der Waals surface area contributed by atoms with Crippen molar-refractivity contribution in [3.05, 3.63) is 48.5 Å². The van der Waals surface area contributed by atoms with Gasteiger partial charge in [-0.15, -0.1) is 0 Å². The topological polar surface area (TPSA) is 39.1 Å². The first-order valence-electron chi connectivity index (χ1n) is 6.71. The maximum absolute atomic E-state index is 5.62. The number of benzene rings is 1. The van der Waals surface area contributed by atoms with Crippen LogP contribution in [0.4, 0.5) is 0 Å². The van der Waals surface area contributed by atoms with E-state index in [1.807, 2.05) is 49.8 Å². The van der Waals surface area contributed by atoms with Crippen LogP contribution in [0.15, 0.2) is 42.7 Å². The fraction of sp³-hybridized carbons (Fsp3) is 0.400. The molecule has 1 heterocycles. The van der Waals surface area contributed by atoms with Crippen molar-refractivity contribution in [1.82, 2.24) is 14.9 Å². The van der Waals surface area contributed by atoms with Crippen LogP contribution in [0.25, 0.3) is 0 Å². The summed E-state index contributed by atoms with van der Waals surface area (Å²) in [5.41, 5.74) is 0.